The molecule has 0 spiro atoms. The van der Waals surface area contributed by atoms with Crippen molar-refractivity contribution in [3.05, 3.63) is 65.4 Å². The van der Waals surface area contributed by atoms with Crippen LogP contribution in [0.2, 0.25) is 0 Å². The summed E-state index contributed by atoms with van der Waals surface area (Å²) >= 11 is 0. The molecule has 4 rings (SSSR count). The maximum atomic E-state index is 13.7. The largest absolute Gasteiger partial charge is 0.340 e. The second-order valence-corrected chi connectivity index (χ2v) is 6.02. The van der Waals surface area contributed by atoms with Crippen molar-refractivity contribution >= 4 is 10.9 Å². The zero-order valence-electron chi connectivity index (χ0n) is 12.6. The fourth-order valence-corrected chi connectivity index (χ4v) is 3.41. The van der Waals surface area contributed by atoms with Crippen molar-refractivity contribution in [3.63, 3.8) is 0 Å². The molecule has 4 heteroatoms. The number of hydrogen-bond acceptors (Lipinski definition) is 2. The highest BCUT2D eigenvalue weighted by Crippen LogP contribution is 2.31. The highest BCUT2D eigenvalue weighted by molar-refractivity contribution is 5.86. The van der Waals surface area contributed by atoms with Crippen LogP contribution in [0.3, 0.4) is 0 Å². The van der Waals surface area contributed by atoms with E-state index in [9.17, 15) is 4.39 Å². The molecule has 3 nitrogen and oxygen atoms in total. The molecule has 3 aromatic rings. The number of aromatic nitrogens is 2. The quantitative estimate of drug-likeness (QED) is 0.724. The van der Waals surface area contributed by atoms with E-state index in [-0.39, 0.29) is 5.82 Å². The number of fused-ring (bicyclic) bond motifs is 3. The minimum Gasteiger partial charge on any atom is -0.340 e. The highest BCUT2D eigenvalue weighted by atomic mass is 19.1. The number of pyridine rings is 1. The lowest BCUT2D eigenvalue weighted by Gasteiger charge is -2.24. The van der Waals surface area contributed by atoms with Gasteiger partial charge in [0.25, 0.3) is 0 Å². The Morgan fingerprint density at radius 2 is 2.00 bits per heavy atom. The van der Waals surface area contributed by atoms with Gasteiger partial charge in [0.2, 0.25) is 0 Å². The molecule has 1 aliphatic rings. The van der Waals surface area contributed by atoms with Gasteiger partial charge in [0.15, 0.2) is 0 Å². The standard InChI is InChI=1S/C18H18FN3/c1-21-9-6-18-16(12-21)15-10-14(19)2-3-17(15)22(18)11-13-4-7-20-8-5-13/h2-5,7-8,10H,6,9,11-12H2,1H3. The van der Waals surface area contributed by atoms with E-state index in [1.54, 1.807) is 12.1 Å². The number of nitrogens with zero attached hydrogens (tertiary/aromatic N) is 3. The summed E-state index contributed by atoms with van der Waals surface area (Å²) in [5.41, 5.74) is 4.96. The number of benzene rings is 1. The van der Waals surface area contributed by atoms with Crippen LogP contribution in [0.4, 0.5) is 4.39 Å². The van der Waals surface area contributed by atoms with Gasteiger partial charge in [-0.25, -0.2) is 4.39 Å². The topological polar surface area (TPSA) is 21.1 Å². The van der Waals surface area contributed by atoms with Crippen molar-refractivity contribution in [2.75, 3.05) is 13.6 Å². The van der Waals surface area contributed by atoms with Crippen molar-refractivity contribution in [2.45, 2.75) is 19.5 Å². The zero-order chi connectivity index (χ0) is 15.1. The molecule has 0 amide bonds. The summed E-state index contributed by atoms with van der Waals surface area (Å²) in [4.78, 5) is 6.38. The average Bonchev–Trinajstić information content (AvgIpc) is 2.81. The van der Waals surface area contributed by atoms with E-state index in [0.29, 0.717) is 0 Å². The summed E-state index contributed by atoms with van der Waals surface area (Å²) in [5, 5.41) is 1.05. The molecule has 22 heavy (non-hydrogen) atoms. The Kier molecular flexibility index (Phi) is 3.19. The van der Waals surface area contributed by atoms with E-state index in [2.05, 4.69) is 21.5 Å². The lowest BCUT2D eigenvalue weighted by molar-refractivity contribution is 0.310. The van der Waals surface area contributed by atoms with Gasteiger partial charge in [0.05, 0.1) is 0 Å². The van der Waals surface area contributed by atoms with Gasteiger partial charge in [-0.15, -0.1) is 0 Å². The first-order valence-corrected chi connectivity index (χ1v) is 7.59. The molecule has 0 N–H and O–H groups in total. The predicted octanol–water partition coefficient (Wildman–Crippen LogP) is 3.21. The third kappa shape index (κ3) is 2.20. The summed E-state index contributed by atoms with van der Waals surface area (Å²) in [5.74, 6) is -0.162. The van der Waals surface area contributed by atoms with E-state index in [4.69, 9.17) is 0 Å². The molecule has 0 aliphatic carbocycles. The minimum atomic E-state index is -0.162. The Balaban J connectivity index is 1.90. The summed E-state index contributed by atoms with van der Waals surface area (Å²) in [6, 6.07) is 9.22. The first kappa shape index (κ1) is 13.5. The Labute approximate surface area is 129 Å². The van der Waals surface area contributed by atoms with Crippen LogP contribution >= 0.6 is 0 Å². The van der Waals surface area contributed by atoms with Crippen LogP contribution in [0, 0.1) is 5.82 Å². The maximum absolute atomic E-state index is 13.7. The number of halogens is 1. The summed E-state index contributed by atoms with van der Waals surface area (Å²) in [7, 11) is 2.12. The van der Waals surface area contributed by atoms with E-state index < -0.39 is 0 Å². The van der Waals surface area contributed by atoms with Crippen LogP contribution in [0.15, 0.2) is 42.7 Å². The molecule has 112 valence electrons. The zero-order valence-corrected chi connectivity index (χ0v) is 12.6. The molecule has 3 heterocycles. The van der Waals surface area contributed by atoms with E-state index in [1.807, 2.05) is 30.6 Å². The fourth-order valence-electron chi connectivity index (χ4n) is 3.41. The van der Waals surface area contributed by atoms with Crippen LogP contribution in [0.25, 0.3) is 10.9 Å². The molecule has 0 saturated heterocycles. The Hall–Kier alpha value is -2.20. The number of hydrogen-bond donors (Lipinski definition) is 0. The summed E-state index contributed by atoms with van der Waals surface area (Å²) in [6.07, 6.45) is 4.65. The first-order valence-electron chi connectivity index (χ1n) is 7.59. The van der Waals surface area contributed by atoms with Gasteiger partial charge in [0.1, 0.15) is 5.82 Å². The Morgan fingerprint density at radius 1 is 1.18 bits per heavy atom. The van der Waals surface area contributed by atoms with Gasteiger partial charge in [-0.05, 0) is 48.5 Å². The maximum Gasteiger partial charge on any atom is 0.123 e. The monoisotopic (exact) mass is 295 g/mol. The van der Waals surface area contributed by atoms with E-state index in [0.717, 1.165) is 37.0 Å². The molecule has 1 aliphatic heterocycles. The first-order chi connectivity index (χ1) is 10.7. The van der Waals surface area contributed by atoms with Crippen LogP contribution in [-0.2, 0) is 19.5 Å². The van der Waals surface area contributed by atoms with Crippen molar-refractivity contribution in [2.24, 2.45) is 0 Å². The van der Waals surface area contributed by atoms with Gasteiger partial charge >= 0.3 is 0 Å². The lowest BCUT2D eigenvalue weighted by atomic mass is 10.0. The van der Waals surface area contributed by atoms with E-state index >= 15 is 0 Å². The van der Waals surface area contributed by atoms with Crippen LogP contribution < -0.4 is 0 Å². The SMILES string of the molecule is CN1CCc2c(c3cc(F)ccc3n2Cc2ccncc2)C1. The van der Waals surface area contributed by atoms with Crippen molar-refractivity contribution in [3.8, 4) is 0 Å². The fraction of sp³-hybridized carbons (Fsp3) is 0.278. The Bertz CT molecular complexity index is 823. The van der Waals surface area contributed by atoms with Crippen molar-refractivity contribution in [1.29, 1.82) is 0 Å². The molecule has 0 bridgehead atoms. The molecule has 0 saturated carbocycles. The molecule has 0 unspecified atom stereocenters. The third-order valence-electron chi connectivity index (χ3n) is 4.50. The van der Waals surface area contributed by atoms with Gasteiger partial charge in [0, 0.05) is 55.0 Å². The normalized spacial score (nSPS) is 15.2. The average molecular weight is 295 g/mol. The predicted molar refractivity (Wildman–Crippen MR) is 85.3 cm³/mol. The van der Waals surface area contributed by atoms with E-state index in [1.165, 1.54) is 16.8 Å². The van der Waals surface area contributed by atoms with Crippen molar-refractivity contribution in [1.82, 2.24) is 14.5 Å². The number of likely N-dealkylation sites (N-methyl/N-ethyl adjacent to an activating group) is 1. The molecule has 1 aromatic carbocycles. The molecule has 0 atom stereocenters. The van der Waals surface area contributed by atoms with Crippen molar-refractivity contribution < 1.29 is 4.39 Å². The molecule has 2 aromatic heterocycles. The second kappa shape index (κ2) is 5.21. The van der Waals surface area contributed by atoms with Gasteiger partial charge in [-0.3, -0.25) is 4.98 Å². The Morgan fingerprint density at radius 3 is 2.82 bits per heavy atom. The minimum absolute atomic E-state index is 0.162. The third-order valence-corrected chi connectivity index (χ3v) is 4.50. The lowest BCUT2D eigenvalue weighted by Crippen LogP contribution is -2.27. The van der Waals surface area contributed by atoms with Gasteiger partial charge in [-0.1, -0.05) is 0 Å². The van der Waals surface area contributed by atoms with Crippen LogP contribution in [0.1, 0.15) is 16.8 Å². The molecule has 0 fully saturated rings. The molecular formula is C18H18FN3. The number of rotatable bonds is 2. The molecule has 0 radical (unpaired) electrons. The smallest absolute Gasteiger partial charge is 0.123 e. The second-order valence-electron chi connectivity index (χ2n) is 6.02. The summed E-state index contributed by atoms with van der Waals surface area (Å²) < 4.78 is 16.0. The van der Waals surface area contributed by atoms with Crippen LogP contribution in [-0.4, -0.2) is 28.0 Å². The van der Waals surface area contributed by atoms with Crippen LogP contribution in [0.5, 0.6) is 0 Å². The van der Waals surface area contributed by atoms with Gasteiger partial charge < -0.3 is 9.47 Å². The van der Waals surface area contributed by atoms with Gasteiger partial charge in [-0.2, -0.15) is 0 Å². The molecular weight excluding hydrogens is 277 g/mol. The summed E-state index contributed by atoms with van der Waals surface area (Å²) in [6.45, 7) is 2.74. The highest BCUT2D eigenvalue weighted by Gasteiger charge is 2.22.